The normalized spacial score (nSPS) is 20.3. The van der Waals surface area contributed by atoms with Crippen molar-refractivity contribution in [3.8, 4) is 6.07 Å². The first-order valence-electron chi connectivity index (χ1n) is 9.41. The van der Waals surface area contributed by atoms with Crippen LogP contribution in [0, 0.1) is 23.1 Å². The Bertz CT molecular complexity index is 759. The van der Waals surface area contributed by atoms with Crippen molar-refractivity contribution in [1.82, 2.24) is 15.1 Å². The minimum atomic E-state index is -0.789. The third-order valence-electron chi connectivity index (χ3n) is 5.34. The Kier molecular flexibility index (Phi) is 5.76. The largest absolute Gasteiger partial charge is 0.337 e. The maximum Gasteiger partial charge on any atom is 0.254 e. The molecule has 0 radical (unpaired) electrons. The van der Waals surface area contributed by atoms with Crippen LogP contribution in [0.3, 0.4) is 0 Å². The van der Waals surface area contributed by atoms with E-state index in [1.807, 2.05) is 4.90 Å². The lowest BCUT2D eigenvalue weighted by Crippen LogP contribution is -2.50. The molecule has 7 heteroatoms. The predicted octanol–water partition coefficient (Wildman–Crippen LogP) is 1.78. The monoisotopic (exact) mass is 372 g/mol. The molecule has 2 amide bonds. The number of nitrogens with zero attached hydrogens (tertiary/aromatic N) is 3. The minimum Gasteiger partial charge on any atom is -0.337 e. The molecule has 1 atom stereocenters. The smallest absolute Gasteiger partial charge is 0.254 e. The van der Waals surface area contributed by atoms with Crippen LogP contribution >= 0.6 is 0 Å². The van der Waals surface area contributed by atoms with E-state index in [0.29, 0.717) is 31.7 Å². The first kappa shape index (κ1) is 19.3. The number of halogens is 1. The van der Waals surface area contributed by atoms with E-state index in [2.05, 4.69) is 11.4 Å². The minimum absolute atomic E-state index is 0.157. The quantitative estimate of drug-likeness (QED) is 0.855. The zero-order valence-corrected chi connectivity index (χ0v) is 15.6. The van der Waals surface area contributed by atoms with Gasteiger partial charge in [0, 0.05) is 31.7 Å². The molecule has 0 spiro atoms. The molecule has 2 aliphatic rings. The molecule has 0 aromatic heterocycles. The molecule has 6 nitrogen and oxygen atoms in total. The van der Waals surface area contributed by atoms with E-state index in [0.717, 1.165) is 19.3 Å². The fourth-order valence-electron chi connectivity index (χ4n) is 3.55. The Morgan fingerprint density at radius 1 is 1.30 bits per heavy atom. The van der Waals surface area contributed by atoms with Gasteiger partial charge in [0.2, 0.25) is 5.91 Å². The molecule has 1 aromatic rings. The predicted molar refractivity (Wildman–Crippen MR) is 98.2 cm³/mol. The molecule has 1 saturated carbocycles. The van der Waals surface area contributed by atoms with Gasteiger partial charge in [0.05, 0.1) is 12.6 Å². The highest BCUT2D eigenvalue weighted by molar-refractivity contribution is 5.94. The number of nitriles is 1. The van der Waals surface area contributed by atoms with Crippen LogP contribution in [-0.4, -0.2) is 59.9 Å². The third kappa shape index (κ3) is 4.83. The molecular formula is C20H25FN4O2. The number of amides is 2. The van der Waals surface area contributed by atoms with Gasteiger partial charge < -0.3 is 10.2 Å². The van der Waals surface area contributed by atoms with Crippen LogP contribution in [0.5, 0.6) is 0 Å². The van der Waals surface area contributed by atoms with Crippen LogP contribution < -0.4 is 5.32 Å². The lowest BCUT2D eigenvalue weighted by atomic mass is 9.98. The Morgan fingerprint density at radius 2 is 2.07 bits per heavy atom. The molecular weight excluding hydrogens is 347 g/mol. The van der Waals surface area contributed by atoms with Gasteiger partial charge in [0.25, 0.3) is 5.91 Å². The summed E-state index contributed by atoms with van der Waals surface area (Å²) in [5, 5.41) is 12.2. The Morgan fingerprint density at radius 3 is 2.74 bits per heavy atom. The summed E-state index contributed by atoms with van der Waals surface area (Å²) in [6.45, 7) is 4.33. The van der Waals surface area contributed by atoms with Gasteiger partial charge in [-0.3, -0.25) is 14.5 Å². The van der Waals surface area contributed by atoms with Crippen molar-refractivity contribution in [2.75, 3.05) is 32.7 Å². The van der Waals surface area contributed by atoms with E-state index in [1.165, 1.54) is 18.2 Å². The molecule has 144 valence electrons. The van der Waals surface area contributed by atoms with Gasteiger partial charge in [0.1, 0.15) is 11.4 Å². The van der Waals surface area contributed by atoms with Crippen molar-refractivity contribution in [2.45, 2.75) is 31.7 Å². The number of hydrogen-bond acceptors (Lipinski definition) is 4. The Balaban J connectivity index is 1.53. The van der Waals surface area contributed by atoms with Crippen molar-refractivity contribution in [2.24, 2.45) is 5.92 Å². The van der Waals surface area contributed by atoms with Crippen LogP contribution in [0.4, 0.5) is 4.39 Å². The second-order valence-electron chi connectivity index (χ2n) is 7.57. The molecule has 1 unspecified atom stereocenters. The summed E-state index contributed by atoms with van der Waals surface area (Å²) in [5.74, 6) is -0.525. The summed E-state index contributed by atoms with van der Waals surface area (Å²) in [6, 6.07) is 7.94. The highest BCUT2D eigenvalue weighted by Crippen LogP contribution is 2.39. The molecule has 3 rings (SSSR count). The van der Waals surface area contributed by atoms with Gasteiger partial charge in [-0.25, -0.2) is 4.39 Å². The van der Waals surface area contributed by atoms with Crippen LogP contribution in [0.2, 0.25) is 0 Å². The SMILES string of the molecule is CC(C#N)(NC(=O)CN1CCCN(C(=O)c2cccc(F)c2)CC1)C1CC1. The van der Waals surface area contributed by atoms with Crippen molar-refractivity contribution in [3.05, 3.63) is 35.6 Å². The summed E-state index contributed by atoms with van der Waals surface area (Å²) < 4.78 is 13.4. The zero-order chi connectivity index (χ0) is 19.4. The Hall–Kier alpha value is -2.46. The summed E-state index contributed by atoms with van der Waals surface area (Å²) >= 11 is 0. The number of benzene rings is 1. The second kappa shape index (κ2) is 8.05. The van der Waals surface area contributed by atoms with Gasteiger partial charge in [-0.2, -0.15) is 5.26 Å². The van der Waals surface area contributed by atoms with E-state index in [4.69, 9.17) is 0 Å². The molecule has 1 heterocycles. The fourth-order valence-corrected chi connectivity index (χ4v) is 3.55. The van der Waals surface area contributed by atoms with Gasteiger partial charge in [-0.15, -0.1) is 0 Å². The highest BCUT2D eigenvalue weighted by atomic mass is 19.1. The molecule has 1 N–H and O–H groups in total. The average Bonchev–Trinajstić information content (AvgIpc) is 3.49. The van der Waals surface area contributed by atoms with E-state index < -0.39 is 11.4 Å². The lowest BCUT2D eigenvalue weighted by molar-refractivity contribution is -0.123. The van der Waals surface area contributed by atoms with Crippen LogP contribution in [0.25, 0.3) is 0 Å². The maximum atomic E-state index is 13.4. The average molecular weight is 372 g/mol. The molecule has 1 saturated heterocycles. The number of rotatable bonds is 5. The molecule has 27 heavy (non-hydrogen) atoms. The van der Waals surface area contributed by atoms with Crippen molar-refractivity contribution in [1.29, 1.82) is 5.26 Å². The highest BCUT2D eigenvalue weighted by Gasteiger charge is 2.43. The molecule has 1 aliphatic heterocycles. The van der Waals surface area contributed by atoms with E-state index in [1.54, 1.807) is 17.9 Å². The van der Waals surface area contributed by atoms with Crippen molar-refractivity contribution < 1.29 is 14.0 Å². The molecule has 1 aromatic carbocycles. The van der Waals surface area contributed by atoms with Crippen LogP contribution in [-0.2, 0) is 4.79 Å². The van der Waals surface area contributed by atoms with Gasteiger partial charge in [-0.05, 0) is 50.3 Å². The van der Waals surface area contributed by atoms with Crippen LogP contribution in [0.15, 0.2) is 24.3 Å². The number of carbonyl (C=O) groups is 2. The summed E-state index contributed by atoms with van der Waals surface area (Å²) in [5.41, 5.74) is -0.446. The molecule has 0 bridgehead atoms. The lowest BCUT2D eigenvalue weighted by Gasteiger charge is -2.26. The maximum absolute atomic E-state index is 13.4. The summed E-state index contributed by atoms with van der Waals surface area (Å²) in [7, 11) is 0. The number of nitrogens with one attached hydrogen (secondary N) is 1. The zero-order valence-electron chi connectivity index (χ0n) is 15.6. The Labute approximate surface area is 158 Å². The first-order valence-corrected chi connectivity index (χ1v) is 9.41. The second-order valence-corrected chi connectivity index (χ2v) is 7.57. The summed E-state index contributed by atoms with van der Waals surface area (Å²) in [4.78, 5) is 28.6. The summed E-state index contributed by atoms with van der Waals surface area (Å²) in [6.07, 6.45) is 2.70. The number of hydrogen-bond donors (Lipinski definition) is 1. The first-order chi connectivity index (χ1) is 12.9. The van der Waals surface area contributed by atoms with Gasteiger partial charge in [-0.1, -0.05) is 6.07 Å². The van der Waals surface area contributed by atoms with Crippen molar-refractivity contribution >= 4 is 11.8 Å². The van der Waals surface area contributed by atoms with Crippen LogP contribution in [0.1, 0.15) is 36.5 Å². The standard InChI is InChI=1S/C20H25FN4O2/c1-20(14-22,16-6-7-16)23-18(26)13-24-8-3-9-25(11-10-24)19(27)15-4-2-5-17(21)12-15/h2,4-5,12,16H,3,6-11,13H2,1H3,(H,23,26). The third-order valence-corrected chi connectivity index (χ3v) is 5.34. The van der Waals surface area contributed by atoms with E-state index >= 15 is 0 Å². The van der Waals surface area contributed by atoms with E-state index in [-0.39, 0.29) is 24.3 Å². The topological polar surface area (TPSA) is 76.4 Å². The number of carbonyl (C=O) groups excluding carboxylic acids is 2. The fraction of sp³-hybridized carbons (Fsp3) is 0.550. The molecule has 2 fully saturated rings. The van der Waals surface area contributed by atoms with E-state index in [9.17, 15) is 19.2 Å². The van der Waals surface area contributed by atoms with Gasteiger partial charge in [0.15, 0.2) is 0 Å². The van der Waals surface area contributed by atoms with Crippen molar-refractivity contribution in [3.63, 3.8) is 0 Å². The molecule has 1 aliphatic carbocycles. The van der Waals surface area contributed by atoms with Gasteiger partial charge >= 0.3 is 0 Å².